The van der Waals surface area contributed by atoms with Crippen LogP contribution in [0.1, 0.15) is 54.2 Å². The van der Waals surface area contributed by atoms with Gasteiger partial charge in [-0.25, -0.2) is 0 Å². The maximum Gasteiger partial charge on any atom is 0.269 e. The van der Waals surface area contributed by atoms with Gasteiger partial charge >= 0.3 is 0 Å². The van der Waals surface area contributed by atoms with Crippen molar-refractivity contribution in [1.82, 2.24) is 4.90 Å². The maximum atomic E-state index is 13.3. The number of nitrogens with one attached hydrogen (secondary N) is 1. The van der Waals surface area contributed by atoms with Gasteiger partial charge in [-0.2, -0.15) is 0 Å². The highest BCUT2D eigenvalue weighted by Crippen LogP contribution is 2.25. The van der Waals surface area contributed by atoms with E-state index in [0.717, 1.165) is 16.7 Å². The van der Waals surface area contributed by atoms with E-state index in [1.54, 1.807) is 17.0 Å². The van der Waals surface area contributed by atoms with E-state index in [2.05, 4.69) is 5.32 Å². The van der Waals surface area contributed by atoms with Crippen molar-refractivity contribution >= 4 is 23.2 Å². The first kappa shape index (κ1) is 26.6. The van der Waals surface area contributed by atoms with Crippen LogP contribution in [-0.2, 0) is 24.4 Å². The molecule has 3 aromatic carbocycles. The fraction of sp³-hybridized carbons (Fsp3) is 0.286. The van der Waals surface area contributed by atoms with Gasteiger partial charge in [0.2, 0.25) is 5.91 Å². The molecule has 0 unspecified atom stereocenters. The fourth-order valence-corrected chi connectivity index (χ4v) is 3.79. The van der Waals surface area contributed by atoms with Gasteiger partial charge in [-0.3, -0.25) is 19.7 Å². The molecule has 0 saturated carbocycles. The van der Waals surface area contributed by atoms with Crippen LogP contribution in [0.2, 0.25) is 0 Å². The SMILES string of the molecule is CC(C)(C)CC(=O)N(Cc1cccc(CN)c1)Cc1ccccc1NC(=O)c1ccc([N+](=O)[O-])cc1. The Balaban J connectivity index is 1.84. The molecule has 3 N–H and O–H groups in total. The Morgan fingerprint density at radius 2 is 1.61 bits per heavy atom. The minimum atomic E-state index is -0.511. The Morgan fingerprint density at radius 3 is 2.25 bits per heavy atom. The highest BCUT2D eigenvalue weighted by atomic mass is 16.6. The molecule has 3 rings (SSSR count). The average molecular weight is 489 g/mol. The van der Waals surface area contributed by atoms with Crippen LogP contribution in [0.4, 0.5) is 11.4 Å². The summed E-state index contributed by atoms with van der Waals surface area (Å²) in [6.07, 6.45) is 0.376. The molecule has 8 nitrogen and oxygen atoms in total. The number of nitro groups is 1. The third kappa shape index (κ3) is 7.48. The van der Waals surface area contributed by atoms with Crippen LogP contribution in [0.15, 0.2) is 72.8 Å². The summed E-state index contributed by atoms with van der Waals surface area (Å²) < 4.78 is 0. The summed E-state index contributed by atoms with van der Waals surface area (Å²) in [6, 6.07) is 20.6. The summed E-state index contributed by atoms with van der Waals surface area (Å²) >= 11 is 0. The van der Waals surface area contributed by atoms with Crippen LogP contribution in [0.5, 0.6) is 0 Å². The van der Waals surface area contributed by atoms with Crippen molar-refractivity contribution in [2.24, 2.45) is 11.1 Å². The summed E-state index contributed by atoms with van der Waals surface area (Å²) in [5.41, 5.74) is 9.16. The number of benzene rings is 3. The first-order valence-corrected chi connectivity index (χ1v) is 11.7. The van der Waals surface area contributed by atoms with Gasteiger partial charge in [-0.15, -0.1) is 0 Å². The van der Waals surface area contributed by atoms with Gasteiger partial charge in [0.05, 0.1) is 4.92 Å². The Hall–Kier alpha value is -4.04. The van der Waals surface area contributed by atoms with Gasteiger partial charge in [0, 0.05) is 49.4 Å². The molecule has 8 heteroatoms. The van der Waals surface area contributed by atoms with Crippen LogP contribution >= 0.6 is 0 Å². The number of nitro benzene ring substituents is 1. The highest BCUT2D eigenvalue weighted by molar-refractivity contribution is 6.04. The summed E-state index contributed by atoms with van der Waals surface area (Å²) in [4.78, 5) is 38.3. The van der Waals surface area contributed by atoms with Crippen molar-refractivity contribution in [3.05, 3.63) is 105 Å². The second-order valence-corrected chi connectivity index (χ2v) is 9.93. The molecular weight excluding hydrogens is 456 g/mol. The zero-order valence-electron chi connectivity index (χ0n) is 20.9. The number of hydrogen-bond donors (Lipinski definition) is 2. The average Bonchev–Trinajstić information content (AvgIpc) is 2.83. The van der Waals surface area contributed by atoms with Gasteiger partial charge < -0.3 is 16.0 Å². The Bertz CT molecular complexity index is 1230. The van der Waals surface area contributed by atoms with Crippen LogP contribution in [0.3, 0.4) is 0 Å². The lowest BCUT2D eigenvalue weighted by Crippen LogP contribution is -2.33. The largest absolute Gasteiger partial charge is 0.334 e. The summed E-state index contributed by atoms with van der Waals surface area (Å²) in [5.74, 6) is -0.377. The summed E-state index contributed by atoms with van der Waals surface area (Å²) in [5, 5.41) is 13.8. The predicted molar refractivity (Wildman–Crippen MR) is 140 cm³/mol. The first-order chi connectivity index (χ1) is 17.1. The van der Waals surface area contributed by atoms with E-state index in [-0.39, 0.29) is 22.9 Å². The minimum Gasteiger partial charge on any atom is -0.334 e. The van der Waals surface area contributed by atoms with E-state index in [0.29, 0.717) is 37.3 Å². The Morgan fingerprint density at radius 1 is 0.944 bits per heavy atom. The van der Waals surface area contributed by atoms with Gasteiger partial charge in [0.1, 0.15) is 0 Å². The van der Waals surface area contributed by atoms with E-state index >= 15 is 0 Å². The molecule has 3 aromatic rings. The number of para-hydroxylation sites is 1. The normalized spacial score (nSPS) is 11.1. The van der Waals surface area contributed by atoms with Gasteiger partial charge in [0.25, 0.3) is 11.6 Å². The minimum absolute atomic E-state index is 0.0113. The van der Waals surface area contributed by atoms with E-state index in [1.807, 2.05) is 57.2 Å². The molecule has 0 spiro atoms. The van der Waals surface area contributed by atoms with Crippen molar-refractivity contribution in [2.45, 2.75) is 46.8 Å². The Labute approximate surface area is 211 Å². The fourth-order valence-electron chi connectivity index (χ4n) is 3.79. The molecule has 0 saturated heterocycles. The molecule has 36 heavy (non-hydrogen) atoms. The second kappa shape index (κ2) is 11.6. The quantitative estimate of drug-likeness (QED) is 0.314. The number of carbonyl (C=O) groups is 2. The molecule has 0 aliphatic rings. The van der Waals surface area contributed by atoms with Gasteiger partial charge in [0.15, 0.2) is 0 Å². The van der Waals surface area contributed by atoms with Crippen LogP contribution in [0.25, 0.3) is 0 Å². The molecule has 0 aliphatic carbocycles. The molecule has 2 amide bonds. The standard InChI is InChI=1S/C28H32N4O4/c1-28(2,3)16-26(33)31(18-21-8-6-7-20(15-21)17-29)19-23-9-4-5-10-25(23)30-27(34)22-11-13-24(14-12-22)32(35)36/h4-15H,16-19,29H2,1-3H3,(H,30,34). The summed E-state index contributed by atoms with van der Waals surface area (Å²) in [7, 11) is 0. The molecule has 0 atom stereocenters. The zero-order valence-corrected chi connectivity index (χ0v) is 20.9. The highest BCUT2D eigenvalue weighted by Gasteiger charge is 2.23. The van der Waals surface area contributed by atoms with E-state index in [9.17, 15) is 19.7 Å². The van der Waals surface area contributed by atoms with E-state index in [4.69, 9.17) is 5.73 Å². The van der Waals surface area contributed by atoms with Crippen molar-refractivity contribution in [3.8, 4) is 0 Å². The molecule has 0 aromatic heterocycles. The van der Waals surface area contributed by atoms with Crippen LogP contribution in [0, 0.1) is 15.5 Å². The van der Waals surface area contributed by atoms with E-state index in [1.165, 1.54) is 24.3 Å². The number of nitrogens with two attached hydrogens (primary N) is 1. The van der Waals surface area contributed by atoms with E-state index < -0.39 is 4.92 Å². The summed E-state index contributed by atoms with van der Waals surface area (Å²) in [6.45, 7) is 7.20. The third-order valence-electron chi connectivity index (χ3n) is 5.60. The lowest BCUT2D eigenvalue weighted by atomic mass is 9.91. The molecule has 0 bridgehead atoms. The molecule has 0 aliphatic heterocycles. The lowest BCUT2D eigenvalue weighted by Gasteiger charge is -2.28. The molecule has 0 radical (unpaired) electrons. The number of rotatable bonds is 9. The molecule has 0 heterocycles. The van der Waals surface area contributed by atoms with Crippen molar-refractivity contribution in [1.29, 1.82) is 0 Å². The number of hydrogen-bond acceptors (Lipinski definition) is 5. The third-order valence-corrected chi connectivity index (χ3v) is 5.60. The smallest absolute Gasteiger partial charge is 0.269 e. The molecule has 188 valence electrons. The van der Waals surface area contributed by atoms with Crippen LogP contribution < -0.4 is 11.1 Å². The number of anilines is 1. The number of non-ortho nitro benzene ring substituents is 1. The molecule has 0 fully saturated rings. The maximum absolute atomic E-state index is 13.3. The zero-order chi connectivity index (χ0) is 26.3. The van der Waals surface area contributed by atoms with Crippen molar-refractivity contribution < 1.29 is 14.5 Å². The second-order valence-electron chi connectivity index (χ2n) is 9.93. The number of carbonyl (C=O) groups excluding carboxylic acids is 2. The van der Waals surface area contributed by atoms with Gasteiger partial charge in [-0.1, -0.05) is 63.2 Å². The number of nitrogens with zero attached hydrogens (tertiary/aromatic N) is 2. The van der Waals surface area contributed by atoms with Gasteiger partial charge in [-0.05, 0) is 40.3 Å². The topological polar surface area (TPSA) is 119 Å². The predicted octanol–water partition coefficient (Wildman–Crippen LogP) is 5.27. The molecular formula is C28H32N4O4. The number of amides is 2. The lowest BCUT2D eigenvalue weighted by molar-refractivity contribution is -0.384. The van der Waals surface area contributed by atoms with Crippen molar-refractivity contribution in [2.75, 3.05) is 5.32 Å². The van der Waals surface area contributed by atoms with Crippen LogP contribution in [-0.4, -0.2) is 21.6 Å². The monoisotopic (exact) mass is 488 g/mol. The first-order valence-electron chi connectivity index (χ1n) is 11.7. The van der Waals surface area contributed by atoms with Crippen molar-refractivity contribution in [3.63, 3.8) is 0 Å². The Kier molecular flexibility index (Phi) is 8.55.